The van der Waals surface area contributed by atoms with Crippen molar-refractivity contribution in [2.45, 2.75) is 39.6 Å². The Hall–Kier alpha value is -4.23. The van der Waals surface area contributed by atoms with Crippen molar-refractivity contribution in [3.05, 3.63) is 100 Å². The molecule has 1 aliphatic rings. The van der Waals surface area contributed by atoms with Crippen molar-refractivity contribution >= 4 is 40.3 Å². The lowest BCUT2D eigenvalue weighted by molar-refractivity contribution is -0.126. The summed E-state index contributed by atoms with van der Waals surface area (Å²) in [6, 6.07) is 11.8. The van der Waals surface area contributed by atoms with Crippen LogP contribution in [0.2, 0.25) is 5.02 Å². The van der Waals surface area contributed by atoms with Crippen LogP contribution in [0.25, 0.3) is 33.8 Å². The molecule has 41 heavy (non-hydrogen) atoms. The number of benzene rings is 2. The lowest BCUT2D eigenvalue weighted by Crippen LogP contribution is -2.54. The van der Waals surface area contributed by atoms with Crippen LogP contribution in [-0.2, 0) is 4.79 Å². The summed E-state index contributed by atoms with van der Waals surface area (Å²) in [5.41, 5.74) is 1.92. The van der Waals surface area contributed by atoms with Crippen LogP contribution < -0.4 is 10.6 Å². The van der Waals surface area contributed by atoms with E-state index in [9.17, 15) is 9.59 Å². The van der Waals surface area contributed by atoms with E-state index < -0.39 is 19.1 Å². The summed E-state index contributed by atoms with van der Waals surface area (Å²) in [5.74, 6) is -0.0562. The van der Waals surface area contributed by atoms with Gasteiger partial charge in [0.2, 0.25) is 5.91 Å². The molecule has 0 unspecified atom stereocenters. The SMILES string of the molecule is [2H]C([2H])=Cc1ccccc1-c1cc2c(cc1Cl)c(N1CCN(C(=O)C=C)C[C@@H]1C)nc(=O)n2-c1c(C([2H])([2H])[2H])ccnc1C(C)C. The average molecular weight is 573 g/mol. The molecule has 2 aromatic heterocycles. The maximum Gasteiger partial charge on any atom is 0.354 e. The van der Waals surface area contributed by atoms with E-state index in [1.54, 1.807) is 29.2 Å². The molecule has 0 radical (unpaired) electrons. The monoisotopic (exact) mass is 572 g/mol. The summed E-state index contributed by atoms with van der Waals surface area (Å²) in [6.45, 7) is 7.47. The average Bonchev–Trinajstić information content (AvgIpc) is 2.99. The Kier molecular flexibility index (Phi) is 6.21. The van der Waals surface area contributed by atoms with Gasteiger partial charge in [0, 0.05) is 52.0 Å². The molecule has 3 heterocycles. The van der Waals surface area contributed by atoms with E-state index >= 15 is 0 Å². The van der Waals surface area contributed by atoms with E-state index in [2.05, 4.69) is 16.5 Å². The first kappa shape index (κ1) is 22.5. The molecule has 1 saturated heterocycles. The van der Waals surface area contributed by atoms with Gasteiger partial charge in [0.25, 0.3) is 0 Å². The number of carbonyl (C=O) groups is 1. The van der Waals surface area contributed by atoms with Crippen LogP contribution in [0, 0.1) is 6.85 Å². The van der Waals surface area contributed by atoms with Crippen molar-refractivity contribution in [3.63, 3.8) is 0 Å². The standard InChI is InChI=1S/C33H34ClN5O2/c1-7-23-11-9-10-12-24(23)25-18-28-26(17-27(25)34)32(38-16-15-37(19-22(38)6)29(40)8-2)36-33(41)39(28)31-21(5)13-14-35-30(31)20(3)4/h7-14,17-18,20,22H,1-2,15-16,19H2,3-6H3/t22-/m0/s1/i1D2,5D3. The minimum Gasteiger partial charge on any atom is -0.350 e. The Labute approximate surface area is 252 Å². The number of fused-ring (bicyclic) bond motifs is 1. The minimum absolute atomic E-state index is 0.0399. The third-order valence-corrected chi connectivity index (χ3v) is 7.79. The van der Waals surface area contributed by atoms with Crippen molar-refractivity contribution in [1.29, 1.82) is 0 Å². The first-order valence-electron chi connectivity index (χ1n) is 15.9. The van der Waals surface area contributed by atoms with Crippen molar-refractivity contribution in [2.24, 2.45) is 0 Å². The number of carbonyl (C=O) groups excluding carboxylic acids is 1. The van der Waals surface area contributed by atoms with E-state index in [4.69, 9.17) is 18.5 Å². The maximum absolute atomic E-state index is 14.3. The zero-order valence-electron chi connectivity index (χ0n) is 28.2. The van der Waals surface area contributed by atoms with E-state index in [1.165, 1.54) is 29.0 Å². The molecule has 1 atom stereocenters. The second-order valence-corrected chi connectivity index (χ2v) is 10.8. The summed E-state index contributed by atoms with van der Waals surface area (Å²) in [4.78, 5) is 39.3. The Morgan fingerprint density at radius 3 is 2.73 bits per heavy atom. The zero-order chi connectivity index (χ0) is 33.5. The topological polar surface area (TPSA) is 71.3 Å². The van der Waals surface area contributed by atoms with Gasteiger partial charge in [-0.05, 0) is 60.7 Å². The Balaban J connectivity index is 1.88. The fraction of sp³-hybridized carbons (Fsp3) is 0.273. The Bertz CT molecular complexity index is 1930. The number of anilines is 1. The number of aromatic nitrogens is 3. The number of nitrogens with zero attached hydrogens (tertiary/aromatic N) is 5. The lowest BCUT2D eigenvalue weighted by atomic mass is 9.97. The molecule has 8 heteroatoms. The normalized spacial score (nSPS) is 17.4. The summed E-state index contributed by atoms with van der Waals surface area (Å²) >= 11 is 6.99. The van der Waals surface area contributed by atoms with Gasteiger partial charge in [0.1, 0.15) is 5.82 Å². The lowest BCUT2D eigenvalue weighted by Gasteiger charge is -2.40. The van der Waals surface area contributed by atoms with Crippen molar-refractivity contribution in [1.82, 2.24) is 19.4 Å². The Morgan fingerprint density at radius 1 is 1.22 bits per heavy atom. The number of aryl methyl sites for hydroxylation is 1. The zero-order valence-corrected chi connectivity index (χ0v) is 23.9. The van der Waals surface area contributed by atoms with Gasteiger partial charge in [-0.2, -0.15) is 4.98 Å². The van der Waals surface area contributed by atoms with Gasteiger partial charge in [-0.3, -0.25) is 14.3 Å². The summed E-state index contributed by atoms with van der Waals surface area (Å²) < 4.78 is 41.8. The van der Waals surface area contributed by atoms with Gasteiger partial charge in [0.15, 0.2) is 0 Å². The second kappa shape index (κ2) is 11.3. The number of rotatable bonds is 6. The summed E-state index contributed by atoms with van der Waals surface area (Å²) in [5, 5.41) is 0.839. The van der Waals surface area contributed by atoms with Crippen molar-refractivity contribution in [3.8, 4) is 16.8 Å². The number of amides is 1. The highest BCUT2D eigenvalue weighted by Crippen LogP contribution is 2.38. The molecule has 7 nitrogen and oxygen atoms in total. The molecular weight excluding hydrogens is 534 g/mol. The Morgan fingerprint density at radius 2 is 2.02 bits per heavy atom. The minimum atomic E-state index is -2.57. The van der Waals surface area contributed by atoms with Gasteiger partial charge in [-0.25, -0.2) is 4.79 Å². The van der Waals surface area contributed by atoms with E-state index in [1.807, 2.05) is 37.8 Å². The van der Waals surface area contributed by atoms with Gasteiger partial charge >= 0.3 is 5.69 Å². The highest BCUT2D eigenvalue weighted by Gasteiger charge is 2.30. The highest BCUT2D eigenvalue weighted by molar-refractivity contribution is 6.34. The van der Waals surface area contributed by atoms with Gasteiger partial charge in [0.05, 0.1) is 19.6 Å². The molecule has 0 saturated carbocycles. The molecule has 210 valence electrons. The maximum atomic E-state index is 14.3. The number of pyridine rings is 1. The second-order valence-electron chi connectivity index (χ2n) is 10.4. The van der Waals surface area contributed by atoms with E-state index in [0.29, 0.717) is 63.8 Å². The predicted octanol–water partition coefficient (Wildman–Crippen LogP) is 6.40. The molecule has 2 aromatic carbocycles. The summed E-state index contributed by atoms with van der Waals surface area (Å²) in [6.07, 6.45) is 4.11. The fourth-order valence-electron chi connectivity index (χ4n) is 5.47. The number of halogens is 1. The number of piperazine rings is 1. The largest absolute Gasteiger partial charge is 0.354 e. The smallest absolute Gasteiger partial charge is 0.350 e. The molecule has 1 amide bonds. The first-order chi connectivity index (χ1) is 21.7. The van der Waals surface area contributed by atoms with Crippen LogP contribution in [0.15, 0.2) is 72.6 Å². The van der Waals surface area contributed by atoms with Gasteiger partial charge < -0.3 is 9.80 Å². The molecular formula is C33H34ClN5O2. The summed E-state index contributed by atoms with van der Waals surface area (Å²) in [7, 11) is 0. The van der Waals surface area contributed by atoms with Crippen molar-refractivity contribution < 1.29 is 11.6 Å². The quantitative estimate of drug-likeness (QED) is 0.250. The molecule has 0 bridgehead atoms. The van der Waals surface area contributed by atoms with E-state index in [0.717, 1.165) is 0 Å². The third-order valence-electron chi connectivity index (χ3n) is 7.48. The van der Waals surface area contributed by atoms with Gasteiger partial charge in [-0.1, -0.05) is 68.9 Å². The van der Waals surface area contributed by atoms with Crippen LogP contribution in [0.1, 0.15) is 50.4 Å². The van der Waals surface area contributed by atoms with Crippen LogP contribution >= 0.6 is 11.6 Å². The van der Waals surface area contributed by atoms with Crippen molar-refractivity contribution in [2.75, 3.05) is 24.5 Å². The predicted molar refractivity (Wildman–Crippen MR) is 168 cm³/mol. The molecule has 0 spiro atoms. The van der Waals surface area contributed by atoms with Crippen LogP contribution in [0.5, 0.6) is 0 Å². The molecule has 0 N–H and O–H groups in total. The van der Waals surface area contributed by atoms with E-state index in [-0.39, 0.29) is 29.1 Å². The highest BCUT2D eigenvalue weighted by atomic mass is 35.5. The molecule has 0 aliphatic carbocycles. The molecule has 1 aliphatic heterocycles. The van der Waals surface area contributed by atoms with Crippen LogP contribution in [0.4, 0.5) is 5.82 Å². The van der Waals surface area contributed by atoms with Crippen LogP contribution in [-0.4, -0.2) is 51.0 Å². The fourth-order valence-corrected chi connectivity index (χ4v) is 5.73. The number of hydrogen-bond donors (Lipinski definition) is 0. The molecule has 4 aromatic rings. The first-order valence-corrected chi connectivity index (χ1v) is 13.8. The number of hydrogen-bond acceptors (Lipinski definition) is 5. The molecule has 5 rings (SSSR count). The third kappa shape index (κ3) is 5.06. The molecule has 1 fully saturated rings. The van der Waals surface area contributed by atoms with Gasteiger partial charge in [-0.15, -0.1) is 0 Å². The van der Waals surface area contributed by atoms with Crippen LogP contribution in [0.3, 0.4) is 0 Å².